The molecular weight excluding hydrogens is 430 g/mol. The number of benzene rings is 2. The fourth-order valence-electron chi connectivity index (χ4n) is 3.97. The normalized spacial score (nSPS) is 15.4. The smallest absolute Gasteiger partial charge is 0.221 e. The van der Waals surface area contributed by atoms with Crippen LogP contribution in [-0.4, -0.2) is 32.8 Å². The monoisotopic (exact) mass is 455 g/mol. The number of hydrogen-bond donors (Lipinski definition) is 2. The van der Waals surface area contributed by atoms with E-state index in [4.69, 9.17) is 23.8 Å². The maximum Gasteiger partial charge on any atom is 0.221 e. The molecule has 1 aromatic heterocycles. The van der Waals surface area contributed by atoms with Gasteiger partial charge in [0.05, 0.1) is 12.2 Å². The van der Waals surface area contributed by atoms with E-state index in [1.807, 2.05) is 54.0 Å². The summed E-state index contributed by atoms with van der Waals surface area (Å²) in [7, 11) is 0. The van der Waals surface area contributed by atoms with Gasteiger partial charge in [0.2, 0.25) is 11.0 Å². The molecule has 0 amide bonds. The van der Waals surface area contributed by atoms with E-state index in [-0.39, 0.29) is 11.0 Å². The van der Waals surface area contributed by atoms with Crippen LogP contribution in [-0.2, 0) is 6.67 Å². The average Bonchev–Trinajstić information content (AvgIpc) is 2.92. The molecule has 6 nitrogen and oxygen atoms in total. The van der Waals surface area contributed by atoms with Gasteiger partial charge in [0.1, 0.15) is 0 Å². The largest absolute Gasteiger partial charge is 0.493 e. The van der Waals surface area contributed by atoms with Gasteiger partial charge in [0, 0.05) is 16.1 Å². The van der Waals surface area contributed by atoms with Crippen LogP contribution in [0.1, 0.15) is 31.2 Å². The summed E-state index contributed by atoms with van der Waals surface area (Å²) in [5, 5.41) is 24.2. The number of para-hydroxylation sites is 1. The Balaban J connectivity index is 1.59. The first-order chi connectivity index (χ1) is 15.0. The zero-order valence-electron chi connectivity index (χ0n) is 17.5. The summed E-state index contributed by atoms with van der Waals surface area (Å²) in [6, 6.07) is 13.4. The third-order valence-electron chi connectivity index (χ3n) is 5.71. The van der Waals surface area contributed by atoms with Gasteiger partial charge in [-0.25, -0.2) is 0 Å². The number of rotatable bonds is 4. The number of aromatic hydroxyl groups is 1. The third-order valence-corrected chi connectivity index (χ3v) is 6.30. The van der Waals surface area contributed by atoms with E-state index in [0.717, 1.165) is 35.2 Å². The molecule has 3 aromatic rings. The minimum atomic E-state index is 0.107. The summed E-state index contributed by atoms with van der Waals surface area (Å²) in [6.07, 6.45) is 4.92. The lowest BCUT2D eigenvalue weighted by atomic mass is 10.2. The summed E-state index contributed by atoms with van der Waals surface area (Å²) in [5.74, 6) is 0.107. The molecule has 0 atom stereocenters. The Morgan fingerprint density at radius 2 is 1.84 bits per heavy atom. The number of halogens is 1. The number of azo groups is 1. The first-order valence-electron chi connectivity index (χ1n) is 10.5. The van der Waals surface area contributed by atoms with Crippen LogP contribution in [0.25, 0.3) is 10.9 Å². The van der Waals surface area contributed by atoms with Gasteiger partial charge >= 0.3 is 0 Å². The summed E-state index contributed by atoms with van der Waals surface area (Å²) >= 11 is 11.5. The second-order valence-electron chi connectivity index (χ2n) is 7.83. The van der Waals surface area contributed by atoms with Crippen molar-refractivity contribution in [3.05, 3.63) is 53.1 Å². The number of hydrogen-bond acceptors (Lipinski definition) is 4. The molecule has 2 N–H and O–H groups in total. The lowest BCUT2D eigenvalue weighted by Gasteiger charge is -2.21. The Kier molecular flexibility index (Phi) is 6.85. The molecule has 162 valence electrons. The second kappa shape index (κ2) is 9.77. The predicted octanol–water partition coefficient (Wildman–Crippen LogP) is 6.62. The Bertz CT molecular complexity index is 1120. The zero-order valence-corrected chi connectivity index (χ0v) is 19.1. The minimum absolute atomic E-state index is 0.107. The second-order valence-corrected chi connectivity index (χ2v) is 8.63. The topological polar surface area (TPSA) is 65.2 Å². The molecule has 2 aromatic carbocycles. The highest BCUT2D eigenvalue weighted by Crippen LogP contribution is 2.39. The van der Waals surface area contributed by atoms with Crippen LogP contribution in [0.15, 0.2) is 52.7 Å². The van der Waals surface area contributed by atoms with Gasteiger partial charge in [-0.3, -0.25) is 9.47 Å². The van der Waals surface area contributed by atoms with Crippen LogP contribution in [0, 0.1) is 6.92 Å². The highest BCUT2D eigenvalue weighted by molar-refractivity contribution is 7.80. The number of fused-ring (bicyclic) bond motifs is 1. The van der Waals surface area contributed by atoms with E-state index >= 15 is 0 Å². The van der Waals surface area contributed by atoms with Crippen molar-refractivity contribution in [1.82, 2.24) is 9.47 Å². The lowest BCUT2D eigenvalue weighted by molar-refractivity contribution is 0.219. The van der Waals surface area contributed by atoms with Crippen molar-refractivity contribution in [3.63, 3.8) is 0 Å². The lowest BCUT2D eigenvalue weighted by Crippen LogP contribution is -2.27. The molecule has 31 heavy (non-hydrogen) atoms. The first kappa shape index (κ1) is 21.7. The van der Waals surface area contributed by atoms with E-state index in [0.29, 0.717) is 17.4 Å². The van der Waals surface area contributed by atoms with Crippen LogP contribution in [0.5, 0.6) is 5.88 Å². The van der Waals surface area contributed by atoms with Crippen LogP contribution >= 0.6 is 23.8 Å². The molecule has 4 rings (SSSR count). The maximum absolute atomic E-state index is 11.0. The van der Waals surface area contributed by atoms with Crippen molar-refractivity contribution in [2.24, 2.45) is 10.2 Å². The van der Waals surface area contributed by atoms with E-state index in [2.05, 4.69) is 20.4 Å². The number of thiocarbonyl (C=S) groups is 1. The number of anilines is 1. The molecule has 1 fully saturated rings. The van der Waals surface area contributed by atoms with E-state index in [1.54, 1.807) is 0 Å². The molecule has 0 spiro atoms. The summed E-state index contributed by atoms with van der Waals surface area (Å²) in [5.41, 5.74) is 3.03. The molecule has 0 radical (unpaired) electrons. The predicted molar refractivity (Wildman–Crippen MR) is 131 cm³/mol. The standard InChI is InChI=1S/C23H26ClN5OS/c1-16-18(24)10-8-11-19(16)25-23(31)27-26-21-17-9-4-5-12-20(17)29(22(21)30)15-28-13-6-2-3-7-14-28/h4-5,8-12,30H,2-3,6-7,13-15H2,1H3,(H,25,31). The van der Waals surface area contributed by atoms with Gasteiger partial charge in [-0.15, -0.1) is 10.2 Å². The Morgan fingerprint density at radius 1 is 1.10 bits per heavy atom. The molecule has 2 heterocycles. The third kappa shape index (κ3) is 4.89. The highest BCUT2D eigenvalue weighted by Gasteiger charge is 2.19. The molecule has 1 aliphatic heterocycles. The molecule has 0 unspecified atom stereocenters. The molecular formula is C23H26ClN5OS. The van der Waals surface area contributed by atoms with Crippen LogP contribution in [0.3, 0.4) is 0 Å². The van der Waals surface area contributed by atoms with Crippen molar-refractivity contribution in [1.29, 1.82) is 0 Å². The fraction of sp³-hybridized carbons (Fsp3) is 0.348. The van der Waals surface area contributed by atoms with E-state index < -0.39 is 0 Å². The van der Waals surface area contributed by atoms with Crippen molar-refractivity contribution >= 4 is 51.2 Å². The number of nitrogens with one attached hydrogen (secondary N) is 1. The Hall–Kier alpha value is -2.48. The molecule has 0 aliphatic carbocycles. The zero-order chi connectivity index (χ0) is 21.8. The summed E-state index contributed by atoms with van der Waals surface area (Å²) in [4.78, 5) is 2.38. The number of aromatic nitrogens is 1. The van der Waals surface area contributed by atoms with Crippen molar-refractivity contribution < 1.29 is 5.11 Å². The maximum atomic E-state index is 11.0. The summed E-state index contributed by atoms with van der Waals surface area (Å²) in [6.45, 7) is 4.62. The van der Waals surface area contributed by atoms with Gasteiger partial charge in [-0.05, 0) is 68.8 Å². The summed E-state index contributed by atoms with van der Waals surface area (Å²) < 4.78 is 1.91. The first-order valence-corrected chi connectivity index (χ1v) is 11.3. The van der Waals surface area contributed by atoms with Gasteiger partial charge in [0.25, 0.3) is 0 Å². The molecule has 1 aliphatic rings. The SMILES string of the molecule is Cc1c(Cl)cccc1NC(=S)N=Nc1c(O)n(CN2CCCCCC2)c2ccccc12. The molecule has 0 bridgehead atoms. The molecule has 1 saturated heterocycles. The van der Waals surface area contributed by atoms with Gasteiger partial charge < -0.3 is 10.4 Å². The van der Waals surface area contributed by atoms with Crippen LogP contribution < -0.4 is 5.32 Å². The Morgan fingerprint density at radius 3 is 2.61 bits per heavy atom. The van der Waals surface area contributed by atoms with E-state index in [1.165, 1.54) is 25.7 Å². The number of likely N-dealkylation sites (tertiary alicyclic amines) is 1. The van der Waals surface area contributed by atoms with Crippen molar-refractivity contribution in [2.75, 3.05) is 18.4 Å². The Labute approximate surface area is 192 Å². The average molecular weight is 456 g/mol. The minimum Gasteiger partial charge on any atom is -0.493 e. The highest BCUT2D eigenvalue weighted by atomic mass is 35.5. The van der Waals surface area contributed by atoms with E-state index in [9.17, 15) is 5.11 Å². The fourth-order valence-corrected chi connectivity index (χ4v) is 4.29. The molecule has 0 saturated carbocycles. The van der Waals surface area contributed by atoms with Gasteiger partial charge in [-0.2, -0.15) is 0 Å². The molecule has 8 heteroatoms. The van der Waals surface area contributed by atoms with Gasteiger partial charge in [0.15, 0.2) is 5.69 Å². The van der Waals surface area contributed by atoms with Crippen molar-refractivity contribution in [3.8, 4) is 5.88 Å². The quantitative estimate of drug-likeness (QED) is 0.342. The van der Waals surface area contributed by atoms with Gasteiger partial charge in [-0.1, -0.05) is 48.7 Å². The van der Waals surface area contributed by atoms with Crippen LogP contribution in [0.4, 0.5) is 11.4 Å². The van der Waals surface area contributed by atoms with Crippen LogP contribution in [0.2, 0.25) is 5.02 Å². The van der Waals surface area contributed by atoms with Crippen molar-refractivity contribution in [2.45, 2.75) is 39.3 Å². The number of nitrogens with zero attached hydrogens (tertiary/aromatic N) is 4.